The first-order chi connectivity index (χ1) is 11.2. The summed E-state index contributed by atoms with van der Waals surface area (Å²) in [5.74, 6) is 0.543. The zero-order chi connectivity index (χ0) is 16.2. The van der Waals surface area contributed by atoms with Crippen LogP contribution in [0, 0.1) is 6.92 Å². The predicted molar refractivity (Wildman–Crippen MR) is 88.8 cm³/mol. The first kappa shape index (κ1) is 15.6. The van der Waals surface area contributed by atoms with Gasteiger partial charge in [0.1, 0.15) is 6.33 Å². The highest BCUT2D eigenvalue weighted by Gasteiger charge is 2.25. The number of hydrogen-bond acceptors (Lipinski definition) is 4. The summed E-state index contributed by atoms with van der Waals surface area (Å²) in [6.07, 6.45) is 7.86. The third kappa shape index (κ3) is 3.55. The molecule has 2 aromatic rings. The molecule has 1 amide bonds. The Morgan fingerprint density at radius 3 is 2.78 bits per heavy atom. The second-order valence-electron chi connectivity index (χ2n) is 6.08. The fourth-order valence-electron chi connectivity index (χ4n) is 3.19. The highest BCUT2D eigenvalue weighted by atomic mass is 16.2. The molecule has 5 nitrogen and oxygen atoms in total. The van der Waals surface area contributed by atoms with Crippen molar-refractivity contribution in [2.45, 2.75) is 39.0 Å². The van der Waals surface area contributed by atoms with Crippen LogP contribution in [0.25, 0.3) is 11.1 Å². The molecule has 2 aromatic heterocycles. The van der Waals surface area contributed by atoms with Crippen LogP contribution < -0.4 is 0 Å². The molecule has 0 N–H and O–H groups in total. The molecule has 1 aliphatic heterocycles. The fraction of sp³-hybridized carbons (Fsp3) is 0.444. The first-order valence-corrected chi connectivity index (χ1v) is 8.19. The van der Waals surface area contributed by atoms with Crippen molar-refractivity contribution in [1.82, 2.24) is 19.9 Å². The van der Waals surface area contributed by atoms with Gasteiger partial charge in [-0.25, -0.2) is 9.97 Å². The van der Waals surface area contributed by atoms with Crippen LogP contribution in [-0.4, -0.2) is 38.8 Å². The van der Waals surface area contributed by atoms with Crippen LogP contribution in [0.5, 0.6) is 0 Å². The van der Waals surface area contributed by atoms with Crippen LogP contribution in [0.2, 0.25) is 0 Å². The Morgan fingerprint density at radius 1 is 1.26 bits per heavy atom. The molecule has 0 aliphatic carbocycles. The first-order valence-electron chi connectivity index (χ1n) is 8.19. The monoisotopic (exact) mass is 310 g/mol. The third-order valence-electron chi connectivity index (χ3n) is 4.36. The van der Waals surface area contributed by atoms with Crippen LogP contribution in [0.15, 0.2) is 30.9 Å². The average molecular weight is 310 g/mol. The summed E-state index contributed by atoms with van der Waals surface area (Å²) in [7, 11) is 0. The van der Waals surface area contributed by atoms with Crippen molar-refractivity contribution < 1.29 is 4.79 Å². The molecular formula is C18H22N4O. The molecule has 1 atom stereocenters. The lowest BCUT2D eigenvalue weighted by Crippen LogP contribution is -2.38. The molecule has 0 bridgehead atoms. The molecule has 3 rings (SSSR count). The summed E-state index contributed by atoms with van der Waals surface area (Å²) >= 11 is 0. The summed E-state index contributed by atoms with van der Waals surface area (Å²) in [5.41, 5.74) is 4.14. The molecule has 0 aromatic carbocycles. The smallest absolute Gasteiger partial charge is 0.222 e. The van der Waals surface area contributed by atoms with Crippen LogP contribution in [-0.2, 0) is 4.79 Å². The van der Waals surface area contributed by atoms with Crippen LogP contribution in [0.1, 0.15) is 43.5 Å². The molecular weight excluding hydrogens is 288 g/mol. The molecule has 5 heteroatoms. The number of aryl methyl sites for hydroxylation is 1. The molecule has 0 radical (unpaired) electrons. The Morgan fingerprint density at radius 2 is 2.04 bits per heavy atom. The number of hydrogen-bond donors (Lipinski definition) is 0. The molecule has 23 heavy (non-hydrogen) atoms. The zero-order valence-electron chi connectivity index (χ0n) is 13.7. The van der Waals surface area contributed by atoms with Gasteiger partial charge in [0.15, 0.2) is 0 Å². The number of carbonyl (C=O) groups excluding carboxylic acids is 1. The largest absolute Gasteiger partial charge is 0.342 e. The van der Waals surface area contributed by atoms with Gasteiger partial charge in [0.2, 0.25) is 5.91 Å². The van der Waals surface area contributed by atoms with Gasteiger partial charge in [-0.05, 0) is 37.5 Å². The minimum atomic E-state index is 0.235. The number of amides is 1. The number of nitrogens with zero attached hydrogens (tertiary/aromatic N) is 4. The molecule has 0 unspecified atom stereocenters. The SMILES string of the molecule is CCC(=O)N1CCC[C@H](c2cc(-c3cncnc3)cc(C)n2)C1. The van der Waals surface area contributed by atoms with Crippen molar-refractivity contribution in [3.63, 3.8) is 0 Å². The quantitative estimate of drug-likeness (QED) is 0.874. The normalized spacial score (nSPS) is 18.0. The number of piperidine rings is 1. The Labute approximate surface area is 136 Å². The van der Waals surface area contributed by atoms with Crippen molar-refractivity contribution in [3.8, 4) is 11.1 Å². The predicted octanol–water partition coefficient (Wildman–Crippen LogP) is 2.96. The summed E-state index contributed by atoms with van der Waals surface area (Å²) in [4.78, 5) is 26.9. The number of likely N-dealkylation sites (tertiary alicyclic amines) is 1. The van der Waals surface area contributed by atoms with Crippen molar-refractivity contribution in [2.75, 3.05) is 13.1 Å². The maximum Gasteiger partial charge on any atom is 0.222 e. The molecule has 0 saturated carbocycles. The van der Waals surface area contributed by atoms with Gasteiger partial charge in [0, 0.05) is 54.8 Å². The van der Waals surface area contributed by atoms with Gasteiger partial charge in [-0.1, -0.05) is 6.92 Å². The average Bonchev–Trinajstić information content (AvgIpc) is 2.61. The van der Waals surface area contributed by atoms with Crippen LogP contribution >= 0.6 is 0 Å². The van der Waals surface area contributed by atoms with E-state index < -0.39 is 0 Å². The van der Waals surface area contributed by atoms with E-state index in [4.69, 9.17) is 4.98 Å². The molecule has 3 heterocycles. The van der Waals surface area contributed by atoms with Gasteiger partial charge in [-0.3, -0.25) is 9.78 Å². The Bertz CT molecular complexity index is 687. The fourth-order valence-corrected chi connectivity index (χ4v) is 3.19. The van der Waals surface area contributed by atoms with E-state index in [9.17, 15) is 4.79 Å². The highest BCUT2D eigenvalue weighted by molar-refractivity contribution is 5.76. The molecule has 1 saturated heterocycles. The van der Waals surface area contributed by atoms with E-state index in [-0.39, 0.29) is 5.91 Å². The van der Waals surface area contributed by atoms with Crippen LogP contribution in [0.3, 0.4) is 0 Å². The Balaban J connectivity index is 1.88. The Kier molecular flexibility index (Phi) is 4.65. The maximum atomic E-state index is 12.0. The van der Waals surface area contributed by atoms with Crippen molar-refractivity contribution >= 4 is 5.91 Å². The minimum absolute atomic E-state index is 0.235. The van der Waals surface area contributed by atoms with E-state index >= 15 is 0 Å². The van der Waals surface area contributed by atoms with Gasteiger partial charge < -0.3 is 4.90 Å². The zero-order valence-corrected chi connectivity index (χ0v) is 13.7. The van der Waals surface area contributed by atoms with Gasteiger partial charge in [-0.15, -0.1) is 0 Å². The van der Waals surface area contributed by atoms with Gasteiger partial charge in [0.25, 0.3) is 0 Å². The second kappa shape index (κ2) is 6.86. The lowest BCUT2D eigenvalue weighted by Gasteiger charge is -2.32. The molecule has 120 valence electrons. The number of pyridine rings is 1. The topological polar surface area (TPSA) is 59.0 Å². The molecule has 1 fully saturated rings. The number of carbonyl (C=O) groups is 1. The minimum Gasteiger partial charge on any atom is -0.342 e. The summed E-state index contributed by atoms with van der Waals surface area (Å²) in [5, 5.41) is 0. The van der Waals surface area contributed by atoms with Crippen molar-refractivity contribution in [3.05, 3.63) is 42.2 Å². The Hall–Kier alpha value is -2.30. The standard InChI is InChI=1S/C18H22N4O/c1-3-18(23)22-6-4-5-14(11-22)17-8-15(7-13(2)21-17)16-9-19-12-20-10-16/h7-10,12,14H,3-6,11H2,1-2H3/t14-/m0/s1. The molecule has 1 aliphatic rings. The van der Waals surface area contributed by atoms with Gasteiger partial charge >= 0.3 is 0 Å². The number of aromatic nitrogens is 3. The van der Waals surface area contributed by atoms with Crippen molar-refractivity contribution in [1.29, 1.82) is 0 Å². The van der Waals surface area contributed by atoms with Gasteiger partial charge in [-0.2, -0.15) is 0 Å². The van der Waals surface area contributed by atoms with Crippen LogP contribution in [0.4, 0.5) is 0 Å². The summed E-state index contributed by atoms with van der Waals surface area (Å²) < 4.78 is 0. The maximum absolute atomic E-state index is 12.0. The van der Waals surface area contributed by atoms with E-state index in [0.717, 1.165) is 48.4 Å². The van der Waals surface area contributed by atoms with Gasteiger partial charge in [0.05, 0.1) is 0 Å². The third-order valence-corrected chi connectivity index (χ3v) is 4.36. The lowest BCUT2D eigenvalue weighted by molar-refractivity contribution is -0.132. The molecule has 0 spiro atoms. The van der Waals surface area contributed by atoms with E-state index in [2.05, 4.69) is 22.1 Å². The van der Waals surface area contributed by atoms with E-state index in [1.165, 1.54) is 6.33 Å². The van der Waals surface area contributed by atoms with E-state index in [1.54, 1.807) is 0 Å². The second-order valence-corrected chi connectivity index (χ2v) is 6.08. The number of rotatable bonds is 3. The summed E-state index contributed by atoms with van der Waals surface area (Å²) in [6.45, 7) is 5.57. The van der Waals surface area contributed by atoms with E-state index in [1.807, 2.05) is 31.1 Å². The van der Waals surface area contributed by atoms with E-state index in [0.29, 0.717) is 12.3 Å². The lowest BCUT2D eigenvalue weighted by atomic mass is 9.92. The highest BCUT2D eigenvalue weighted by Crippen LogP contribution is 2.29. The van der Waals surface area contributed by atoms with Crippen molar-refractivity contribution in [2.24, 2.45) is 0 Å². The summed E-state index contributed by atoms with van der Waals surface area (Å²) in [6, 6.07) is 4.18.